The van der Waals surface area contributed by atoms with Crippen molar-refractivity contribution in [1.29, 1.82) is 0 Å². The van der Waals surface area contributed by atoms with E-state index >= 15 is 0 Å². The highest BCUT2D eigenvalue weighted by molar-refractivity contribution is 7.91. The highest BCUT2D eigenvalue weighted by atomic mass is 32.2. The lowest BCUT2D eigenvalue weighted by Crippen LogP contribution is -2.47. The Balaban J connectivity index is 1.74. The SMILES string of the molecule is C=CCNOP(O[C@@H]1C(OC(=S)N2CCS(=O)(=O)CC2)[C@H](n2cnc3c(=O)[nH]c(NC(=O)C(C)C)nc32)O[C@@H]1C)N(C(C)C)C(C)C. The summed E-state index contributed by atoms with van der Waals surface area (Å²) in [5.74, 6) is -0.819. The molecule has 2 aromatic rings. The quantitative estimate of drug-likeness (QED) is 0.0904. The molecule has 3 N–H and O–H groups in total. The fourth-order valence-electron chi connectivity index (χ4n) is 5.17. The van der Waals surface area contributed by atoms with Crippen molar-refractivity contribution in [3.63, 3.8) is 0 Å². The maximum absolute atomic E-state index is 13.0. The number of amides is 1. The van der Waals surface area contributed by atoms with Gasteiger partial charge in [0.05, 0.1) is 23.9 Å². The molecule has 1 amide bonds. The van der Waals surface area contributed by atoms with E-state index in [-0.39, 0.29) is 70.8 Å². The third kappa shape index (κ3) is 8.92. The molecule has 16 nitrogen and oxygen atoms in total. The second-order valence-electron chi connectivity index (χ2n) is 12.2. The summed E-state index contributed by atoms with van der Waals surface area (Å²) < 4.78 is 53.5. The highest BCUT2D eigenvalue weighted by Crippen LogP contribution is 2.50. The van der Waals surface area contributed by atoms with E-state index in [1.54, 1.807) is 29.4 Å². The molecule has 2 aliphatic rings. The molecular weight excluding hydrogens is 671 g/mol. The molecule has 0 saturated carbocycles. The van der Waals surface area contributed by atoms with Gasteiger partial charge in [0, 0.05) is 37.6 Å². The number of aromatic amines is 1. The van der Waals surface area contributed by atoms with Crippen molar-refractivity contribution in [2.75, 3.05) is 36.5 Å². The lowest BCUT2D eigenvalue weighted by Gasteiger charge is -2.38. The van der Waals surface area contributed by atoms with Gasteiger partial charge < -0.3 is 18.9 Å². The number of ether oxygens (including phenoxy) is 2. The van der Waals surface area contributed by atoms with E-state index in [0.717, 1.165) is 0 Å². The van der Waals surface area contributed by atoms with Crippen molar-refractivity contribution in [2.24, 2.45) is 5.92 Å². The van der Waals surface area contributed by atoms with Gasteiger partial charge in [-0.2, -0.15) is 10.5 Å². The Labute approximate surface area is 281 Å². The first kappa shape index (κ1) is 37.3. The number of aromatic nitrogens is 4. The highest BCUT2D eigenvalue weighted by Gasteiger charge is 2.50. The molecule has 19 heteroatoms. The molecule has 47 heavy (non-hydrogen) atoms. The zero-order valence-corrected chi connectivity index (χ0v) is 30.2. The number of imidazole rings is 1. The lowest BCUT2D eigenvalue weighted by atomic mass is 10.1. The lowest BCUT2D eigenvalue weighted by molar-refractivity contribution is -0.118. The average Bonchev–Trinajstić information content (AvgIpc) is 3.53. The molecule has 0 bridgehead atoms. The van der Waals surface area contributed by atoms with Crippen LogP contribution >= 0.6 is 20.7 Å². The van der Waals surface area contributed by atoms with Crippen LogP contribution in [0.3, 0.4) is 0 Å². The van der Waals surface area contributed by atoms with Crippen LogP contribution in [-0.4, -0.2) is 110 Å². The molecule has 2 saturated heterocycles. The number of carbonyl (C=O) groups is 1. The van der Waals surface area contributed by atoms with Gasteiger partial charge in [0.2, 0.25) is 11.9 Å². The van der Waals surface area contributed by atoms with E-state index in [0.29, 0.717) is 6.54 Å². The minimum absolute atomic E-state index is 0.0285. The molecule has 4 heterocycles. The number of fused-ring (bicyclic) bond motifs is 1. The summed E-state index contributed by atoms with van der Waals surface area (Å²) in [4.78, 5) is 38.4. The fraction of sp³-hybridized carbons (Fsp3) is 0.679. The van der Waals surface area contributed by atoms with Gasteiger partial charge in [-0.05, 0) is 46.8 Å². The van der Waals surface area contributed by atoms with E-state index in [4.69, 9.17) is 30.8 Å². The van der Waals surface area contributed by atoms with Gasteiger partial charge in [-0.25, -0.2) is 22.7 Å². The molecule has 2 aromatic heterocycles. The number of hydroxylamine groups is 1. The Morgan fingerprint density at radius 3 is 2.49 bits per heavy atom. The number of anilines is 1. The van der Waals surface area contributed by atoms with Crippen LogP contribution in [-0.2, 0) is 33.3 Å². The maximum Gasteiger partial charge on any atom is 0.280 e. The number of H-pyrrole nitrogens is 1. The Bertz CT molecular complexity index is 1580. The minimum Gasteiger partial charge on any atom is -0.460 e. The molecule has 262 valence electrons. The number of hydrogen-bond donors (Lipinski definition) is 3. The number of rotatable bonds is 13. The number of sulfone groups is 1. The predicted octanol–water partition coefficient (Wildman–Crippen LogP) is 2.47. The van der Waals surface area contributed by atoms with Crippen LogP contribution in [0.2, 0.25) is 0 Å². The Morgan fingerprint density at radius 1 is 1.23 bits per heavy atom. The summed E-state index contributed by atoms with van der Waals surface area (Å²) in [6.45, 7) is 17.9. The van der Waals surface area contributed by atoms with E-state index in [1.807, 2.05) is 34.6 Å². The molecule has 2 unspecified atom stereocenters. The first-order valence-corrected chi connectivity index (χ1v) is 18.8. The van der Waals surface area contributed by atoms with E-state index in [2.05, 4.69) is 37.0 Å². The van der Waals surface area contributed by atoms with E-state index < -0.39 is 48.5 Å². The van der Waals surface area contributed by atoms with Crippen molar-refractivity contribution in [1.82, 2.24) is 34.6 Å². The molecular formula is C28H45N8O8PS2. The topological polar surface area (TPSA) is 182 Å². The molecule has 0 aromatic carbocycles. The van der Waals surface area contributed by atoms with Gasteiger partial charge in [-0.1, -0.05) is 19.9 Å². The van der Waals surface area contributed by atoms with Crippen LogP contribution in [0, 0.1) is 5.92 Å². The zero-order valence-electron chi connectivity index (χ0n) is 27.7. The van der Waals surface area contributed by atoms with Crippen molar-refractivity contribution in [3.8, 4) is 0 Å². The van der Waals surface area contributed by atoms with Crippen LogP contribution in [0.4, 0.5) is 5.95 Å². The minimum atomic E-state index is -3.16. The van der Waals surface area contributed by atoms with Crippen molar-refractivity contribution >= 4 is 58.8 Å². The standard InChI is InChI=1S/C28H45N8O8PS2/c1-9-10-30-44-45(36(17(4)5)18(6)7)43-21-19(8)41-26(22(21)42-28(46)34-11-13-47(39,40)14-12-34)35-15-29-20-23(35)31-27(33-25(20)38)32-24(37)16(2)3/h9,15-19,21-22,26,30H,1,10-14H2,2-8H3,(H2,31,32,33,37,38)/t19-,21+,22?,26-,45?/m1/s1. The third-order valence-electron chi connectivity index (χ3n) is 7.56. The number of thiocarbonyl (C=S) groups is 1. The van der Waals surface area contributed by atoms with Crippen LogP contribution in [0.1, 0.15) is 54.7 Å². The normalized spacial score (nSPS) is 23.6. The van der Waals surface area contributed by atoms with Crippen LogP contribution in [0.25, 0.3) is 11.2 Å². The largest absolute Gasteiger partial charge is 0.460 e. The molecule has 2 fully saturated rings. The second-order valence-corrected chi connectivity index (χ2v) is 16.2. The number of hydrogen-bond acceptors (Lipinski definition) is 13. The van der Waals surface area contributed by atoms with Gasteiger partial charge >= 0.3 is 0 Å². The van der Waals surface area contributed by atoms with Gasteiger partial charge in [-0.15, -0.1) is 6.58 Å². The number of nitrogens with one attached hydrogen (secondary N) is 3. The third-order valence-corrected chi connectivity index (χ3v) is 11.5. The summed E-state index contributed by atoms with van der Waals surface area (Å²) in [6.07, 6.45) is -0.130. The van der Waals surface area contributed by atoms with Crippen LogP contribution in [0.5, 0.6) is 0 Å². The van der Waals surface area contributed by atoms with Crippen molar-refractivity contribution < 1.29 is 31.8 Å². The summed E-state index contributed by atoms with van der Waals surface area (Å²) in [6, 6.07) is 0.0904. The molecule has 0 radical (unpaired) electrons. The fourth-order valence-corrected chi connectivity index (χ4v) is 8.35. The number of carbonyl (C=O) groups excluding carboxylic acids is 1. The molecule has 2 aliphatic heterocycles. The van der Waals surface area contributed by atoms with Crippen LogP contribution in [0.15, 0.2) is 23.8 Å². The van der Waals surface area contributed by atoms with Gasteiger partial charge in [0.1, 0.15) is 6.10 Å². The smallest absolute Gasteiger partial charge is 0.280 e. The second kappa shape index (κ2) is 15.8. The first-order valence-electron chi connectivity index (χ1n) is 15.5. The van der Waals surface area contributed by atoms with Gasteiger partial charge in [0.25, 0.3) is 19.3 Å². The molecule has 5 atom stereocenters. The Hall–Kier alpha value is -2.57. The van der Waals surface area contributed by atoms with Crippen molar-refractivity contribution in [3.05, 3.63) is 29.3 Å². The molecule has 0 spiro atoms. The van der Waals surface area contributed by atoms with Gasteiger partial charge in [-0.3, -0.25) is 24.5 Å². The molecule has 0 aliphatic carbocycles. The summed E-state index contributed by atoms with van der Waals surface area (Å²) in [7, 11) is -4.90. The number of nitrogens with zero attached hydrogens (tertiary/aromatic N) is 5. The zero-order chi connectivity index (χ0) is 34.6. The molecule has 4 rings (SSSR count). The summed E-state index contributed by atoms with van der Waals surface area (Å²) in [5.41, 5.74) is 2.52. The van der Waals surface area contributed by atoms with E-state index in [9.17, 15) is 18.0 Å². The predicted molar refractivity (Wildman–Crippen MR) is 182 cm³/mol. The monoisotopic (exact) mass is 716 g/mol. The van der Waals surface area contributed by atoms with Crippen LogP contribution < -0.4 is 16.4 Å². The van der Waals surface area contributed by atoms with Gasteiger partial charge in [0.15, 0.2) is 33.3 Å². The van der Waals surface area contributed by atoms with Crippen molar-refractivity contribution in [2.45, 2.75) is 85.1 Å². The average molecular weight is 717 g/mol. The Kier molecular flexibility index (Phi) is 12.5. The summed E-state index contributed by atoms with van der Waals surface area (Å²) >= 11 is 5.70. The first-order chi connectivity index (χ1) is 22.1. The maximum atomic E-state index is 13.0. The van der Waals surface area contributed by atoms with E-state index in [1.165, 1.54) is 6.33 Å². The Morgan fingerprint density at radius 2 is 1.89 bits per heavy atom. The summed E-state index contributed by atoms with van der Waals surface area (Å²) in [5, 5.41) is 2.71.